The van der Waals surface area contributed by atoms with Crippen LogP contribution in [0, 0.1) is 0 Å². The van der Waals surface area contributed by atoms with Gasteiger partial charge in [0.1, 0.15) is 18.3 Å². The minimum absolute atomic E-state index is 0.0486. The SMILES string of the molecule is CCn1nnc2c1CCN(C(=O)COC)[C@@H]2COCc1ccccc1. The van der Waals surface area contributed by atoms with Gasteiger partial charge >= 0.3 is 0 Å². The van der Waals surface area contributed by atoms with Gasteiger partial charge in [0.25, 0.3) is 0 Å². The molecule has 1 atom stereocenters. The monoisotopic (exact) mass is 344 g/mol. The van der Waals surface area contributed by atoms with Gasteiger partial charge in [0.15, 0.2) is 0 Å². The summed E-state index contributed by atoms with van der Waals surface area (Å²) in [6, 6.07) is 9.76. The van der Waals surface area contributed by atoms with Gasteiger partial charge in [-0.15, -0.1) is 5.10 Å². The summed E-state index contributed by atoms with van der Waals surface area (Å²) in [4.78, 5) is 14.2. The summed E-state index contributed by atoms with van der Waals surface area (Å²) in [5, 5.41) is 8.54. The van der Waals surface area contributed by atoms with Crippen LogP contribution in [0.5, 0.6) is 0 Å². The first-order chi connectivity index (χ1) is 12.2. The van der Waals surface area contributed by atoms with Gasteiger partial charge in [-0.3, -0.25) is 4.79 Å². The van der Waals surface area contributed by atoms with Crippen LogP contribution >= 0.6 is 0 Å². The molecule has 1 aromatic carbocycles. The maximum Gasteiger partial charge on any atom is 0.249 e. The molecule has 0 saturated heterocycles. The Morgan fingerprint density at radius 1 is 1.32 bits per heavy atom. The van der Waals surface area contributed by atoms with E-state index in [2.05, 4.69) is 10.3 Å². The molecule has 3 rings (SSSR count). The molecule has 0 spiro atoms. The van der Waals surface area contributed by atoms with Crippen molar-refractivity contribution in [1.82, 2.24) is 19.9 Å². The molecule has 134 valence electrons. The van der Waals surface area contributed by atoms with Crippen LogP contribution < -0.4 is 0 Å². The average molecular weight is 344 g/mol. The zero-order valence-corrected chi connectivity index (χ0v) is 14.7. The topological polar surface area (TPSA) is 69.5 Å². The number of carbonyl (C=O) groups excluding carboxylic acids is 1. The van der Waals surface area contributed by atoms with Crippen LogP contribution in [0.15, 0.2) is 30.3 Å². The summed E-state index contributed by atoms with van der Waals surface area (Å²) >= 11 is 0. The number of aryl methyl sites for hydroxylation is 1. The van der Waals surface area contributed by atoms with Gasteiger partial charge in [0, 0.05) is 26.6 Å². The molecule has 0 unspecified atom stereocenters. The number of hydrogen-bond donors (Lipinski definition) is 0. The second-order valence-electron chi connectivity index (χ2n) is 6.02. The summed E-state index contributed by atoms with van der Waals surface area (Å²) < 4.78 is 12.8. The van der Waals surface area contributed by atoms with E-state index in [0.29, 0.717) is 19.8 Å². The Hall–Kier alpha value is -2.25. The molecule has 0 saturated carbocycles. The van der Waals surface area contributed by atoms with Crippen molar-refractivity contribution in [2.45, 2.75) is 32.5 Å². The van der Waals surface area contributed by atoms with Gasteiger partial charge in [-0.05, 0) is 12.5 Å². The van der Waals surface area contributed by atoms with E-state index in [0.717, 1.165) is 29.9 Å². The number of nitrogens with zero attached hydrogens (tertiary/aromatic N) is 4. The van der Waals surface area contributed by atoms with E-state index in [9.17, 15) is 4.79 Å². The van der Waals surface area contributed by atoms with E-state index in [4.69, 9.17) is 9.47 Å². The smallest absolute Gasteiger partial charge is 0.249 e. The van der Waals surface area contributed by atoms with Crippen LogP contribution in [0.3, 0.4) is 0 Å². The lowest BCUT2D eigenvalue weighted by Gasteiger charge is -2.34. The Balaban J connectivity index is 1.75. The highest BCUT2D eigenvalue weighted by Gasteiger charge is 2.34. The maximum atomic E-state index is 12.4. The minimum Gasteiger partial charge on any atom is -0.375 e. The molecule has 0 N–H and O–H groups in total. The summed E-state index contributed by atoms with van der Waals surface area (Å²) in [6.45, 7) is 4.39. The first-order valence-corrected chi connectivity index (χ1v) is 8.57. The van der Waals surface area contributed by atoms with Crippen molar-refractivity contribution in [2.24, 2.45) is 0 Å². The largest absolute Gasteiger partial charge is 0.375 e. The molecular formula is C18H24N4O3. The predicted molar refractivity (Wildman–Crippen MR) is 91.8 cm³/mol. The first kappa shape index (κ1) is 17.6. The van der Waals surface area contributed by atoms with Crippen molar-refractivity contribution < 1.29 is 14.3 Å². The molecular weight excluding hydrogens is 320 g/mol. The standard InChI is InChI=1S/C18H24N4O3/c1-3-22-15-9-10-21(17(23)13-24-2)16(18(15)19-20-22)12-25-11-14-7-5-4-6-8-14/h4-8,16H,3,9-13H2,1-2H3/t16-/m1/s1. The Labute approximate surface area is 147 Å². The fourth-order valence-corrected chi connectivity index (χ4v) is 3.18. The van der Waals surface area contributed by atoms with Gasteiger partial charge in [-0.25, -0.2) is 4.68 Å². The average Bonchev–Trinajstić information content (AvgIpc) is 3.06. The lowest BCUT2D eigenvalue weighted by Crippen LogP contribution is -2.44. The number of carbonyl (C=O) groups is 1. The molecule has 7 heteroatoms. The molecule has 1 aliphatic heterocycles. The minimum atomic E-state index is -0.226. The second kappa shape index (κ2) is 8.22. The van der Waals surface area contributed by atoms with E-state index in [-0.39, 0.29) is 18.6 Å². The van der Waals surface area contributed by atoms with Gasteiger partial charge < -0.3 is 14.4 Å². The van der Waals surface area contributed by atoms with Crippen molar-refractivity contribution in [3.05, 3.63) is 47.3 Å². The number of rotatable bonds is 7. The highest BCUT2D eigenvalue weighted by Crippen LogP contribution is 2.28. The number of benzene rings is 1. The van der Waals surface area contributed by atoms with Crippen molar-refractivity contribution in [2.75, 3.05) is 26.9 Å². The first-order valence-electron chi connectivity index (χ1n) is 8.57. The summed E-state index contributed by atoms with van der Waals surface area (Å²) in [7, 11) is 1.53. The molecule has 1 aromatic heterocycles. The molecule has 25 heavy (non-hydrogen) atoms. The quantitative estimate of drug-likeness (QED) is 0.763. The van der Waals surface area contributed by atoms with Crippen LogP contribution in [0.1, 0.15) is 29.9 Å². The van der Waals surface area contributed by atoms with Crippen LogP contribution in [-0.2, 0) is 33.8 Å². The van der Waals surface area contributed by atoms with Gasteiger partial charge in [-0.1, -0.05) is 35.5 Å². The maximum absolute atomic E-state index is 12.4. The molecule has 2 heterocycles. The van der Waals surface area contributed by atoms with Crippen LogP contribution in [0.4, 0.5) is 0 Å². The van der Waals surface area contributed by atoms with Crippen molar-refractivity contribution in [1.29, 1.82) is 0 Å². The lowest BCUT2D eigenvalue weighted by molar-refractivity contribution is -0.140. The fourth-order valence-electron chi connectivity index (χ4n) is 3.18. The van der Waals surface area contributed by atoms with Crippen molar-refractivity contribution >= 4 is 5.91 Å². The number of ether oxygens (including phenoxy) is 2. The molecule has 0 bridgehead atoms. The molecule has 1 aliphatic rings. The third-order valence-corrected chi connectivity index (χ3v) is 4.42. The summed E-state index contributed by atoms with van der Waals surface area (Å²) in [5.41, 5.74) is 3.04. The van der Waals surface area contributed by atoms with Crippen molar-refractivity contribution in [3.8, 4) is 0 Å². The van der Waals surface area contributed by atoms with Crippen LogP contribution in [-0.4, -0.2) is 52.7 Å². The number of methoxy groups -OCH3 is 1. The van der Waals surface area contributed by atoms with Crippen molar-refractivity contribution in [3.63, 3.8) is 0 Å². The van der Waals surface area contributed by atoms with E-state index in [1.807, 2.05) is 41.9 Å². The van der Waals surface area contributed by atoms with E-state index in [1.54, 1.807) is 4.90 Å². The van der Waals surface area contributed by atoms with Crippen LogP contribution in [0.2, 0.25) is 0 Å². The molecule has 2 aromatic rings. The molecule has 0 aliphatic carbocycles. The predicted octanol–water partition coefficient (Wildman–Crippen LogP) is 1.59. The zero-order chi connectivity index (χ0) is 17.6. The van der Waals surface area contributed by atoms with E-state index < -0.39 is 0 Å². The second-order valence-corrected chi connectivity index (χ2v) is 6.02. The lowest BCUT2D eigenvalue weighted by atomic mass is 10.0. The van der Waals surface area contributed by atoms with E-state index in [1.165, 1.54) is 7.11 Å². The summed E-state index contributed by atoms with van der Waals surface area (Å²) in [5.74, 6) is -0.0486. The normalized spacial score (nSPS) is 16.7. The Morgan fingerprint density at radius 3 is 2.84 bits per heavy atom. The Bertz CT molecular complexity index is 702. The van der Waals surface area contributed by atoms with Crippen LogP contribution in [0.25, 0.3) is 0 Å². The van der Waals surface area contributed by atoms with E-state index >= 15 is 0 Å². The Morgan fingerprint density at radius 2 is 2.12 bits per heavy atom. The molecule has 0 fully saturated rings. The molecule has 0 radical (unpaired) electrons. The Kier molecular flexibility index (Phi) is 5.78. The van der Waals surface area contributed by atoms with Gasteiger partial charge in [0.05, 0.1) is 18.9 Å². The van der Waals surface area contributed by atoms with Gasteiger partial charge in [0.2, 0.25) is 5.91 Å². The fraction of sp³-hybridized carbons (Fsp3) is 0.500. The third-order valence-electron chi connectivity index (χ3n) is 4.42. The highest BCUT2D eigenvalue weighted by atomic mass is 16.5. The molecule has 1 amide bonds. The molecule has 7 nitrogen and oxygen atoms in total. The highest BCUT2D eigenvalue weighted by molar-refractivity contribution is 5.78. The summed E-state index contributed by atoms with van der Waals surface area (Å²) in [6.07, 6.45) is 0.751. The third kappa shape index (κ3) is 3.88. The number of fused-ring (bicyclic) bond motifs is 1. The zero-order valence-electron chi connectivity index (χ0n) is 14.7. The van der Waals surface area contributed by atoms with Gasteiger partial charge in [-0.2, -0.15) is 0 Å². The number of hydrogen-bond acceptors (Lipinski definition) is 5. The number of aromatic nitrogens is 3. The number of amides is 1.